The van der Waals surface area contributed by atoms with E-state index in [1.165, 1.54) is 17.7 Å². The molecule has 2 atom stereocenters. The van der Waals surface area contributed by atoms with Gasteiger partial charge in [0.1, 0.15) is 11.9 Å². The number of carbonyl (C=O) groups excluding carboxylic acids is 1. The fraction of sp³-hybridized carbons (Fsp3) is 0.435. The zero-order valence-electron chi connectivity index (χ0n) is 15.9. The van der Waals surface area contributed by atoms with Crippen LogP contribution in [0.3, 0.4) is 0 Å². The second-order valence-corrected chi connectivity index (χ2v) is 8.16. The number of rotatable bonds is 2. The molecule has 2 bridgehead atoms. The SMILES string of the molecule is O=C(O[C@@H]1CN2CCC1CC2)N1CCc2ccccc2C1c1ccc(F)cc1. The van der Waals surface area contributed by atoms with E-state index >= 15 is 0 Å². The minimum Gasteiger partial charge on any atom is -0.444 e. The van der Waals surface area contributed by atoms with Crippen molar-refractivity contribution in [3.63, 3.8) is 0 Å². The summed E-state index contributed by atoms with van der Waals surface area (Å²) in [6.07, 6.45) is 2.77. The Hall–Kier alpha value is -2.40. The fourth-order valence-electron chi connectivity index (χ4n) is 5.01. The summed E-state index contributed by atoms with van der Waals surface area (Å²) in [4.78, 5) is 17.4. The van der Waals surface area contributed by atoms with Crippen LogP contribution in [0.2, 0.25) is 0 Å². The van der Waals surface area contributed by atoms with Crippen LogP contribution in [0.1, 0.15) is 35.6 Å². The normalized spacial score (nSPS) is 28.7. The van der Waals surface area contributed by atoms with Crippen molar-refractivity contribution >= 4 is 6.09 Å². The molecule has 0 radical (unpaired) electrons. The van der Waals surface area contributed by atoms with Crippen molar-refractivity contribution < 1.29 is 13.9 Å². The highest BCUT2D eigenvalue weighted by Crippen LogP contribution is 2.37. The molecule has 0 saturated carbocycles. The van der Waals surface area contributed by atoms with Crippen molar-refractivity contribution in [2.24, 2.45) is 5.92 Å². The first-order chi connectivity index (χ1) is 13.7. The molecule has 0 aliphatic carbocycles. The monoisotopic (exact) mass is 380 g/mol. The average molecular weight is 380 g/mol. The number of piperidine rings is 3. The molecule has 6 rings (SSSR count). The minimum absolute atomic E-state index is 0.0129. The molecular formula is C23H25FN2O2. The number of halogens is 1. The first-order valence-electron chi connectivity index (χ1n) is 10.2. The second-order valence-electron chi connectivity index (χ2n) is 8.16. The topological polar surface area (TPSA) is 32.8 Å². The molecule has 146 valence electrons. The van der Waals surface area contributed by atoms with Crippen LogP contribution in [0.25, 0.3) is 0 Å². The number of carbonyl (C=O) groups is 1. The molecule has 4 nitrogen and oxygen atoms in total. The molecule has 0 spiro atoms. The van der Waals surface area contributed by atoms with E-state index in [0.717, 1.165) is 50.0 Å². The van der Waals surface area contributed by atoms with Crippen molar-refractivity contribution in [2.45, 2.75) is 31.4 Å². The van der Waals surface area contributed by atoms with Gasteiger partial charge in [-0.15, -0.1) is 0 Å². The highest BCUT2D eigenvalue weighted by Gasteiger charge is 2.39. The van der Waals surface area contributed by atoms with Crippen LogP contribution >= 0.6 is 0 Å². The predicted octanol–water partition coefficient (Wildman–Crippen LogP) is 4.00. The van der Waals surface area contributed by atoms with Gasteiger partial charge in [-0.2, -0.15) is 0 Å². The highest BCUT2D eigenvalue weighted by atomic mass is 19.1. The molecule has 0 aromatic heterocycles. The second kappa shape index (κ2) is 7.21. The van der Waals surface area contributed by atoms with Gasteiger partial charge >= 0.3 is 6.09 Å². The van der Waals surface area contributed by atoms with E-state index in [2.05, 4.69) is 17.0 Å². The summed E-state index contributed by atoms with van der Waals surface area (Å²) in [5.41, 5.74) is 3.26. The molecule has 4 aliphatic heterocycles. The highest BCUT2D eigenvalue weighted by molar-refractivity contribution is 5.70. The zero-order valence-corrected chi connectivity index (χ0v) is 15.9. The van der Waals surface area contributed by atoms with Crippen molar-refractivity contribution in [3.8, 4) is 0 Å². The Morgan fingerprint density at radius 1 is 1.00 bits per heavy atom. The van der Waals surface area contributed by atoms with Crippen LogP contribution in [-0.2, 0) is 11.2 Å². The van der Waals surface area contributed by atoms with E-state index in [1.807, 2.05) is 17.0 Å². The maximum absolute atomic E-state index is 13.5. The van der Waals surface area contributed by atoms with Crippen molar-refractivity contribution in [3.05, 3.63) is 71.0 Å². The third-order valence-corrected chi connectivity index (χ3v) is 6.55. The zero-order chi connectivity index (χ0) is 19.1. The van der Waals surface area contributed by atoms with Gasteiger partial charge in [-0.3, -0.25) is 9.80 Å². The van der Waals surface area contributed by atoms with E-state index < -0.39 is 0 Å². The summed E-state index contributed by atoms with van der Waals surface area (Å²) in [7, 11) is 0. The Morgan fingerprint density at radius 3 is 2.46 bits per heavy atom. The Labute approximate surface area is 164 Å². The minimum atomic E-state index is -0.269. The lowest BCUT2D eigenvalue weighted by molar-refractivity contribution is -0.0462. The Morgan fingerprint density at radius 2 is 1.75 bits per heavy atom. The summed E-state index contributed by atoms with van der Waals surface area (Å²) in [6, 6.07) is 14.4. The lowest BCUT2D eigenvalue weighted by atomic mass is 9.86. The molecule has 3 saturated heterocycles. The first-order valence-corrected chi connectivity index (χ1v) is 10.2. The van der Waals surface area contributed by atoms with Crippen LogP contribution < -0.4 is 0 Å². The van der Waals surface area contributed by atoms with E-state index in [1.54, 1.807) is 12.1 Å². The van der Waals surface area contributed by atoms with Crippen molar-refractivity contribution in [1.29, 1.82) is 0 Å². The van der Waals surface area contributed by atoms with Crippen LogP contribution in [0.4, 0.5) is 9.18 Å². The van der Waals surface area contributed by atoms with Crippen LogP contribution in [0.15, 0.2) is 48.5 Å². The summed E-state index contributed by atoms with van der Waals surface area (Å²) in [5.74, 6) is 0.213. The lowest BCUT2D eigenvalue weighted by Crippen LogP contribution is -2.53. The summed E-state index contributed by atoms with van der Waals surface area (Å²) >= 11 is 0. The Bertz CT molecular complexity index is 861. The molecular weight excluding hydrogens is 355 g/mol. The van der Waals surface area contributed by atoms with Gasteiger partial charge in [-0.05, 0) is 67.1 Å². The molecule has 0 N–H and O–H groups in total. The Kier molecular flexibility index (Phi) is 4.55. The summed E-state index contributed by atoms with van der Waals surface area (Å²) in [5, 5.41) is 0. The maximum atomic E-state index is 13.5. The third-order valence-electron chi connectivity index (χ3n) is 6.55. The predicted molar refractivity (Wildman–Crippen MR) is 105 cm³/mol. The molecule has 5 heteroatoms. The van der Waals surface area contributed by atoms with Gasteiger partial charge in [0.2, 0.25) is 0 Å². The number of nitrogens with zero attached hydrogens (tertiary/aromatic N) is 2. The van der Waals surface area contributed by atoms with E-state index in [9.17, 15) is 9.18 Å². The largest absolute Gasteiger partial charge is 0.444 e. The van der Waals surface area contributed by atoms with Gasteiger partial charge < -0.3 is 4.74 Å². The van der Waals surface area contributed by atoms with Crippen molar-refractivity contribution in [1.82, 2.24) is 9.80 Å². The number of benzene rings is 2. The van der Waals surface area contributed by atoms with Gasteiger partial charge in [-0.1, -0.05) is 36.4 Å². The van der Waals surface area contributed by atoms with Crippen molar-refractivity contribution in [2.75, 3.05) is 26.2 Å². The molecule has 4 aliphatic rings. The van der Waals surface area contributed by atoms with Crippen LogP contribution in [0, 0.1) is 11.7 Å². The fourth-order valence-corrected chi connectivity index (χ4v) is 5.01. The smallest absolute Gasteiger partial charge is 0.410 e. The Balaban J connectivity index is 1.43. The first kappa shape index (κ1) is 17.7. The van der Waals surface area contributed by atoms with Gasteiger partial charge in [-0.25, -0.2) is 9.18 Å². The van der Waals surface area contributed by atoms with Gasteiger partial charge in [0.25, 0.3) is 0 Å². The molecule has 3 fully saturated rings. The number of fused-ring (bicyclic) bond motifs is 4. The molecule has 4 heterocycles. The van der Waals surface area contributed by atoms with E-state index in [0.29, 0.717) is 12.5 Å². The maximum Gasteiger partial charge on any atom is 0.410 e. The number of amides is 1. The number of ether oxygens (including phenoxy) is 1. The molecule has 2 aromatic carbocycles. The molecule has 1 unspecified atom stereocenters. The van der Waals surface area contributed by atoms with Crippen LogP contribution in [-0.4, -0.2) is 48.2 Å². The molecule has 28 heavy (non-hydrogen) atoms. The van der Waals surface area contributed by atoms with E-state index in [4.69, 9.17) is 4.74 Å². The van der Waals surface area contributed by atoms with Gasteiger partial charge in [0, 0.05) is 13.1 Å². The quantitative estimate of drug-likeness (QED) is 0.789. The number of hydrogen-bond acceptors (Lipinski definition) is 3. The van der Waals surface area contributed by atoms with Crippen LogP contribution in [0.5, 0.6) is 0 Å². The van der Waals surface area contributed by atoms with Gasteiger partial charge in [0.05, 0.1) is 6.04 Å². The molecule has 1 amide bonds. The lowest BCUT2D eigenvalue weighted by Gasteiger charge is -2.45. The standard InChI is InChI=1S/C23H25FN2O2/c24-19-7-5-18(6-8-19)22-20-4-2-1-3-16(20)11-14-26(22)23(27)28-21-15-25-12-9-17(21)10-13-25/h1-8,17,21-22H,9-15H2/t21-,22?/m1/s1. The third kappa shape index (κ3) is 3.18. The summed E-state index contributed by atoms with van der Waals surface area (Å²) < 4.78 is 19.5. The average Bonchev–Trinajstić information content (AvgIpc) is 2.74. The van der Waals surface area contributed by atoms with Gasteiger partial charge in [0.15, 0.2) is 0 Å². The van der Waals surface area contributed by atoms with E-state index in [-0.39, 0.29) is 24.1 Å². The summed E-state index contributed by atoms with van der Waals surface area (Å²) in [6.45, 7) is 3.70. The molecule has 2 aromatic rings. The number of hydrogen-bond donors (Lipinski definition) is 0.